The molecule has 0 saturated heterocycles. The minimum Gasteiger partial charge on any atom is -0.492 e. The summed E-state index contributed by atoms with van der Waals surface area (Å²) < 4.78 is 5.80. The van der Waals surface area contributed by atoms with Crippen LogP contribution < -0.4 is 10.1 Å². The van der Waals surface area contributed by atoms with Gasteiger partial charge in [0.05, 0.1) is 0 Å². The second-order valence-corrected chi connectivity index (χ2v) is 4.88. The van der Waals surface area contributed by atoms with Gasteiger partial charge >= 0.3 is 0 Å². The highest BCUT2D eigenvalue weighted by Crippen LogP contribution is 2.23. The average molecular weight is 235 g/mol. The van der Waals surface area contributed by atoms with Gasteiger partial charge in [-0.1, -0.05) is 26.8 Å². The van der Waals surface area contributed by atoms with Gasteiger partial charge in [-0.3, -0.25) is 0 Å². The molecule has 17 heavy (non-hydrogen) atoms. The lowest BCUT2D eigenvalue weighted by Crippen LogP contribution is -2.30. The number of ether oxygens (including phenoxy) is 1. The highest BCUT2D eigenvalue weighted by Gasteiger charge is 2.07. The third-order valence-corrected chi connectivity index (χ3v) is 3.22. The molecule has 0 aromatic heterocycles. The van der Waals surface area contributed by atoms with E-state index in [4.69, 9.17) is 4.74 Å². The van der Waals surface area contributed by atoms with E-state index < -0.39 is 0 Å². The summed E-state index contributed by atoms with van der Waals surface area (Å²) >= 11 is 0. The largest absolute Gasteiger partial charge is 0.492 e. The summed E-state index contributed by atoms with van der Waals surface area (Å²) in [5.74, 6) is 1.55. The Kier molecular flexibility index (Phi) is 5.49. The molecule has 0 heterocycles. The fraction of sp³-hybridized carbons (Fsp3) is 0.600. The van der Waals surface area contributed by atoms with Gasteiger partial charge in [0.15, 0.2) is 0 Å². The van der Waals surface area contributed by atoms with Gasteiger partial charge in [0.1, 0.15) is 12.4 Å². The molecule has 2 heteroatoms. The van der Waals surface area contributed by atoms with E-state index in [-0.39, 0.29) is 0 Å². The Hall–Kier alpha value is -1.02. The smallest absolute Gasteiger partial charge is 0.119 e. The molecule has 96 valence electrons. The quantitative estimate of drug-likeness (QED) is 0.815. The maximum absolute atomic E-state index is 5.80. The lowest BCUT2D eigenvalue weighted by Gasteiger charge is -2.16. The number of aryl methyl sites for hydroxylation is 1. The van der Waals surface area contributed by atoms with E-state index in [1.54, 1.807) is 0 Å². The number of hydrogen-bond donors (Lipinski definition) is 1. The van der Waals surface area contributed by atoms with Crippen molar-refractivity contribution in [1.82, 2.24) is 5.32 Å². The molecule has 1 aromatic rings. The first-order valence-electron chi connectivity index (χ1n) is 6.49. The maximum Gasteiger partial charge on any atom is 0.119 e. The Morgan fingerprint density at radius 3 is 2.47 bits per heavy atom. The van der Waals surface area contributed by atoms with Crippen LogP contribution in [0.1, 0.15) is 44.2 Å². The van der Waals surface area contributed by atoms with E-state index >= 15 is 0 Å². The number of rotatable bonds is 6. The van der Waals surface area contributed by atoms with E-state index in [1.807, 2.05) is 7.05 Å². The van der Waals surface area contributed by atoms with Crippen LogP contribution >= 0.6 is 0 Å². The summed E-state index contributed by atoms with van der Waals surface area (Å²) in [6, 6.07) is 6.82. The molecule has 2 nitrogen and oxygen atoms in total. The summed E-state index contributed by atoms with van der Waals surface area (Å²) in [5, 5.41) is 3.24. The molecule has 0 spiro atoms. The van der Waals surface area contributed by atoms with Crippen LogP contribution in [0.3, 0.4) is 0 Å². The second kappa shape index (κ2) is 6.65. The van der Waals surface area contributed by atoms with Gasteiger partial charge in [-0.05, 0) is 49.6 Å². The Labute approximate surface area is 105 Å². The molecule has 0 bridgehead atoms. The Bertz CT molecular complexity index is 343. The van der Waals surface area contributed by atoms with E-state index in [0.717, 1.165) is 18.8 Å². The van der Waals surface area contributed by atoms with Crippen LogP contribution in [0, 0.1) is 6.92 Å². The van der Waals surface area contributed by atoms with E-state index in [1.165, 1.54) is 11.1 Å². The summed E-state index contributed by atoms with van der Waals surface area (Å²) in [7, 11) is 1.98. The molecule has 0 fully saturated rings. The minimum atomic E-state index is 0.431. The van der Waals surface area contributed by atoms with Crippen molar-refractivity contribution in [3.63, 3.8) is 0 Å². The number of hydrogen-bond acceptors (Lipinski definition) is 2. The number of benzene rings is 1. The van der Waals surface area contributed by atoms with Crippen LogP contribution in [0.15, 0.2) is 18.2 Å². The lowest BCUT2D eigenvalue weighted by molar-refractivity contribution is 0.267. The van der Waals surface area contributed by atoms with Gasteiger partial charge in [-0.2, -0.15) is 0 Å². The van der Waals surface area contributed by atoms with Gasteiger partial charge < -0.3 is 10.1 Å². The van der Waals surface area contributed by atoms with Gasteiger partial charge in [0.2, 0.25) is 0 Å². The van der Waals surface area contributed by atoms with Crippen molar-refractivity contribution in [1.29, 1.82) is 0 Å². The van der Waals surface area contributed by atoms with E-state index in [0.29, 0.717) is 12.0 Å². The monoisotopic (exact) mass is 235 g/mol. The van der Waals surface area contributed by atoms with Crippen molar-refractivity contribution in [2.24, 2.45) is 0 Å². The second-order valence-electron chi connectivity index (χ2n) is 4.88. The zero-order valence-electron chi connectivity index (χ0n) is 11.7. The topological polar surface area (TPSA) is 21.3 Å². The van der Waals surface area contributed by atoms with Crippen molar-refractivity contribution in [3.8, 4) is 5.75 Å². The van der Waals surface area contributed by atoms with E-state index in [9.17, 15) is 0 Å². The molecule has 0 aliphatic heterocycles. The van der Waals surface area contributed by atoms with Crippen LogP contribution in [0.2, 0.25) is 0 Å². The van der Waals surface area contributed by atoms with Crippen molar-refractivity contribution in [2.75, 3.05) is 13.7 Å². The van der Waals surface area contributed by atoms with Crippen LogP contribution in [0.4, 0.5) is 0 Å². The van der Waals surface area contributed by atoms with Gasteiger partial charge in [-0.15, -0.1) is 0 Å². The molecule has 0 saturated carbocycles. The summed E-state index contributed by atoms with van der Waals surface area (Å²) in [5.41, 5.74) is 2.72. The zero-order chi connectivity index (χ0) is 12.8. The maximum atomic E-state index is 5.80. The van der Waals surface area contributed by atoms with Crippen molar-refractivity contribution >= 4 is 0 Å². The highest BCUT2D eigenvalue weighted by atomic mass is 16.5. The standard InChI is InChI=1S/C15H25NO/c1-6-13(16-5)10-17-14-7-8-15(11(2)3)12(4)9-14/h7-9,11,13,16H,6,10H2,1-5H3. The predicted octanol–water partition coefficient (Wildman–Crippen LogP) is 3.50. The number of likely N-dealkylation sites (N-methyl/N-ethyl adjacent to an activating group) is 1. The summed E-state index contributed by atoms with van der Waals surface area (Å²) in [4.78, 5) is 0. The molecular weight excluding hydrogens is 210 g/mol. The molecule has 1 aromatic carbocycles. The van der Waals surface area contributed by atoms with Crippen molar-refractivity contribution in [3.05, 3.63) is 29.3 Å². The van der Waals surface area contributed by atoms with Gasteiger partial charge in [0, 0.05) is 6.04 Å². The first-order valence-corrected chi connectivity index (χ1v) is 6.49. The first-order chi connectivity index (χ1) is 8.08. The van der Waals surface area contributed by atoms with Crippen LogP contribution in [-0.4, -0.2) is 19.7 Å². The third-order valence-electron chi connectivity index (χ3n) is 3.22. The van der Waals surface area contributed by atoms with Crippen molar-refractivity contribution in [2.45, 2.75) is 46.1 Å². The Morgan fingerprint density at radius 2 is 2.00 bits per heavy atom. The van der Waals surface area contributed by atoms with Crippen LogP contribution in [0.5, 0.6) is 5.75 Å². The van der Waals surface area contributed by atoms with Crippen LogP contribution in [-0.2, 0) is 0 Å². The third kappa shape index (κ3) is 4.04. The lowest BCUT2D eigenvalue weighted by atomic mass is 9.98. The van der Waals surface area contributed by atoms with Gasteiger partial charge in [0.25, 0.3) is 0 Å². The van der Waals surface area contributed by atoms with E-state index in [2.05, 4.69) is 51.2 Å². The zero-order valence-corrected chi connectivity index (χ0v) is 11.7. The molecule has 1 N–H and O–H groups in total. The highest BCUT2D eigenvalue weighted by molar-refractivity contribution is 5.36. The Morgan fingerprint density at radius 1 is 1.29 bits per heavy atom. The molecular formula is C15H25NO. The molecule has 0 amide bonds. The summed E-state index contributed by atoms with van der Waals surface area (Å²) in [6.45, 7) is 9.48. The van der Waals surface area contributed by atoms with Gasteiger partial charge in [-0.25, -0.2) is 0 Å². The molecule has 1 rings (SSSR count). The van der Waals surface area contributed by atoms with Crippen LogP contribution in [0.25, 0.3) is 0 Å². The first kappa shape index (κ1) is 14.0. The predicted molar refractivity (Wildman–Crippen MR) is 73.9 cm³/mol. The molecule has 0 aliphatic rings. The Balaban J connectivity index is 2.64. The minimum absolute atomic E-state index is 0.431. The molecule has 1 atom stereocenters. The molecule has 1 unspecified atom stereocenters. The summed E-state index contributed by atoms with van der Waals surface area (Å²) in [6.07, 6.45) is 1.08. The normalized spacial score (nSPS) is 12.8. The van der Waals surface area contributed by atoms with Crippen molar-refractivity contribution < 1.29 is 4.74 Å². The average Bonchev–Trinajstić information content (AvgIpc) is 2.30. The molecule has 0 aliphatic carbocycles. The number of nitrogens with one attached hydrogen (secondary N) is 1. The fourth-order valence-electron chi connectivity index (χ4n) is 1.99. The fourth-order valence-corrected chi connectivity index (χ4v) is 1.99. The molecule has 0 radical (unpaired) electrons. The SMILES string of the molecule is CCC(COc1ccc(C(C)C)c(C)c1)NC.